The van der Waals surface area contributed by atoms with Crippen molar-refractivity contribution >= 4 is 10.1 Å². The summed E-state index contributed by atoms with van der Waals surface area (Å²) >= 11 is 0. The lowest BCUT2D eigenvalue weighted by Crippen LogP contribution is -2.35. The predicted molar refractivity (Wildman–Crippen MR) is 99.0 cm³/mol. The Bertz CT molecular complexity index is 802. The SMILES string of the molecule is CC1=C(N=NC2CCC(C)CC2)C(O)=C2C(N)CC(S(=O)(=O)O)=CC2C1. The van der Waals surface area contributed by atoms with E-state index >= 15 is 0 Å². The second-order valence-electron chi connectivity index (χ2n) is 7.79. The highest BCUT2D eigenvalue weighted by atomic mass is 32.2. The third-order valence-electron chi connectivity index (χ3n) is 5.67. The third-order valence-corrected chi connectivity index (χ3v) is 6.64. The molecule has 3 aliphatic rings. The molecule has 0 aromatic rings. The first-order valence-corrected chi connectivity index (χ1v) is 10.6. The third kappa shape index (κ3) is 3.92. The molecule has 0 heterocycles. The molecule has 3 aliphatic carbocycles. The summed E-state index contributed by atoms with van der Waals surface area (Å²) in [4.78, 5) is -0.0826. The molecule has 1 saturated carbocycles. The van der Waals surface area contributed by atoms with Crippen LogP contribution >= 0.6 is 0 Å². The summed E-state index contributed by atoms with van der Waals surface area (Å²) in [6.07, 6.45) is 6.27. The molecule has 0 saturated heterocycles. The van der Waals surface area contributed by atoms with Crippen molar-refractivity contribution in [2.24, 2.45) is 27.8 Å². The van der Waals surface area contributed by atoms with Gasteiger partial charge in [0.05, 0.1) is 10.9 Å². The Morgan fingerprint density at radius 3 is 2.46 bits per heavy atom. The second-order valence-corrected chi connectivity index (χ2v) is 9.27. The molecule has 144 valence electrons. The summed E-state index contributed by atoms with van der Waals surface area (Å²) in [7, 11) is -4.27. The van der Waals surface area contributed by atoms with Crippen molar-refractivity contribution in [3.05, 3.63) is 33.6 Å². The summed E-state index contributed by atoms with van der Waals surface area (Å²) in [5.41, 5.74) is 7.97. The van der Waals surface area contributed by atoms with Crippen LogP contribution in [0.3, 0.4) is 0 Å². The van der Waals surface area contributed by atoms with Gasteiger partial charge in [0.2, 0.25) is 0 Å². The van der Waals surface area contributed by atoms with Gasteiger partial charge in [0.25, 0.3) is 10.1 Å². The van der Waals surface area contributed by atoms with Crippen molar-refractivity contribution < 1.29 is 18.1 Å². The van der Waals surface area contributed by atoms with Crippen LogP contribution in [-0.4, -0.2) is 30.2 Å². The average molecular weight is 381 g/mol. The van der Waals surface area contributed by atoms with Crippen molar-refractivity contribution in [1.82, 2.24) is 0 Å². The zero-order valence-electron chi connectivity index (χ0n) is 15.2. The van der Waals surface area contributed by atoms with Gasteiger partial charge < -0.3 is 10.8 Å². The molecule has 0 aromatic carbocycles. The average Bonchev–Trinajstić information content (AvgIpc) is 2.54. The molecule has 0 radical (unpaired) electrons. The van der Waals surface area contributed by atoms with E-state index in [1.807, 2.05) is 6.92 Å². The highest BCUT2D eigenvalue weighted by molar-refractivity contribution is 7.89. The number of allylic oxidation sites excluding steroid dienone is 2. The topological polar surface area (TPSA) is 125 Å². The molecule has 2 atom stereocenters. The second kappa shape index (κ2) is 7.25. The Labute approximate surface area is 154 Å². The lowest BCUT2D eigenvalue weighted by Gasteiger charge is -2.33. The summed E-state index contributed by atoms with van der Waals surface area (Å²) < 4.78 is 32.2. The number of aliphatic hydroxyl groups excluding tert-OH is 1. The smallest absolute Gasteiger partial charge is 0.290 e. The van der Waals surface area contributed by atoms with Crippen molar-refractivity contribution in [2.75, 3.05) is 0 Å². The monoisotopic (exact) mass is 381 g/mol. The van der Waals surface area contributed by atoms with Gasteiger partial charge in [0.1, 0.15) is 11.5 Å². The minimum absolute atomic E-state index is 0.00446. The van der Waals surface area contributed by atoms with Gasteiger partial charge in [-0.05, 0) is 56.1 Å². The maximum absolute atomic E-state index is 11.4. The number of aliphatic hydroxyl groups is 1. The molecule has 0 spiro atoms. The molecular formula is C18H27N3O4S. The molecule has 3 rings (SSSR count). The van der Waals surface area contributed by atoms with Crippen molar-refractivity contribution in [1.29, 1.82) is 0 Å². The molecule has 1 fully saturated rings. The summed E-state index contributed by atoms with van der Waals surface area (Å²) in [5.74, 6) is 0.396. The van der Waals surface area contributed by atoms with E-state index in [4.69, 9.17) is 5.73 Å². The van der Waals surface area contributed by atoms with Crippen LogP contribution in [0, 0.1) is 11.8 Å². The normalized spacial score (nSPS) is 33.5. The molecular weight excluding hydrogens is 354 g/mol. The van der Waals surface area contributed by atoms with E-state index in [2.05, 4.69) is 17.2 Å². The Balaban J connectivity index is 1.86. The van der Waals surface area contributed by atoms with Crippen LogP contribution in [0.2, 0.25) is 0 Å². The lowest BCUT2D eigenvalue weighted by atomic mass is 9.77. The van der Waals surface area contributed by atoms with Gasteiger partial charge in [-0.25, -0.2) is 0 Å². The fourth-order valence-electron chi connectivity index (χ4n) is 4.09. The number of fused-ring (bicyclic) bond motifs is 1. The molecule has 0 aliphatic heterocycles. The van der Waals surface area contributed by atoms with Crippen LogP contribution in [0.15, 0.2) is 43.8 Å². The van der Waals surface area contributed by atoms with E-state index in [0.29, 0.717) is 17.7 Å². The predicted octanol–water partition coefficient (Wildman–Crippen LogP) is 3.63. The largest absolute Gasteiger partial charge is 0.506 e. The maximum atomic E-state index is 11.4. The number of hydrogen-bond acceptors (Lipinski definition) is 6. The summed E-state index contributed by atoms with van der Waals surface area (Å²) in [5, 5.41) is 19.5. The van der Waals surface area contributed by atoms with E-state index in [-0.39, 0.29) is 29.0 Å². The molecule has 2 unspecified atom stereocenters. The van der Waals surface area contributed by atoms with E-state index in [0.717, 1.165) is 37.2 Å². The Kier molecular flexibility index (Phi) is 5.37. The fourth-order valence-corrected chi connectivity index (χ4v) is 4.82. The molecule has 26 heavy (non-hydrogen) atoms. The van der Waals surface area contributed by atoms with E-state index in [1.54, 1.807) is 0 Å². The van der Waals surface area contributed by atoms with Gasteiger partial charge in [-0.1, -0.05) is 13.0 Å². The van der Waals surface area contributed by atoms with Crippen LogP contribution < -0.4 is 5.73 Å². The summed E-state index contributed by atoms with van der Waals surface area (Å²) in [6.45, 7) is 4.10. The number of hydrogen-bond donors (Lipinski definition) is 3. The number of azo groups is 1. The Morgan fingerprint density at radius 2 is 1.85 bits per heavy atom. The number of nitrogens with two attached hydrogens (primary N) is 1. The quantitative estimate of drug-likeness (QED) is 0.508. The molecule has 0 amide bonds. The first kappa shape index (κ1) is 19.3. The van der Waals surface area contributed by atoms with Gasteiger partial charge in [0, 0.05) is 18.4 Å². The summed E-state index contributed by atoms with van der Waals surface area (Å²) in [6, 6.07) is -0.483. The Hall–Kier alpha value is -1.51. The number of rotatable bonds is 3. The van der Waals surface area contributed by atoms with Gasteiger partial charge in [-0.15, -0.1) is 0 Å². The standard InChI is InChI=1S/C18H27N3O4S/c1-10-3-5-13(6-4-10)20-21-17-11(2)7-12-8-14(26(23,24)25)9-15(19)16(12)18(17)22/h8,10,12-13,15,22H,3-7,9,19H2,1-2H3,(H,23,24,25). The van der Waals surface area contributed by atoms with Gasteiger partial charge in [-0.3, -0.25) is 4.55 Å². The maximum Gasteiger partial charge on any atom is 0.290 e. The fraction of sp³-hybridized carbons (Fsp3) is 0.667. The van der Waals surface area contributed by atoms with E-state index in [9.17, 15) is 18.1 Å². The van der Waals surface area contributed by atoms with Gasteiger partial charge >= 0.3 is 0 Å². The minimum atomic E-state index is -4.27. The van der Waals surface area contributed by atoms with Gasteiger partial charge in [0.15, 0.2) is 0 Å². The van der Waals surface area contributed by atoms with Crippen LogP contribution in [0.4, 0.5) is 0 Å². The molecule has 4 N–H and O–H groups in total. The van der Waals surface area contributed by atoms with E-state index < -0.39 is 16.2 Å². The van der Waals surface area contributed by atoms with E-state index in [1.165, 1.54) is 6.08 Å². The molecule has 0 bridgehead atoms. The molecule has 7 nitrogen and oxygen atoms in total. The Morgan fingerprint density at radius 1 is 1.19 bits per heavy atom. The lowest BCUT2D eigenvalue weighted by molar-refractivity contribution is 0.339. The first-order valence-electron chi connectivity index (χ1n) is 9.14. The van der Waals surface area contributed by atoms with Crippen LogP contribution in [0.1, 0.15) is 52.4 Å². The first-order chi connectivity index (χ1) is 12.2. The highest BCUT2D eigenvalue weighted by Gasteiger charge is 2.36. The van der Waals surface area contributed by atoms with Gasteiger partial charge in [-0.2, -0.15) is 18.6 Å². The van der Waals surface area contributed by atoms with Crippen LogP contribution in [-0.2, 0) is 10.1 Å². The minimum Gasteiger partial charge on any atom is -0.506 e. The zero-order chi connectivity index (χ0) is 19.1. The zero-order valence-corrected chi connectivity index (χ0v) is 16.0. The van der Waals surface area contributed by atoms with Crippen molar-refractivity contribution in [2.45, 2.75) is 64.5 Å². The molecule has 8 heteroatoms. The van der Waals surface area contributed by atoms with Crippen molar-refractivity contribution in [3.8, 4) is 0 Å². The van der Waals surface area contributed by atoms with Crippen LogP contribution in [0.25, 0.3) is 0 Å². The number of nitrogens with zero attached hydrogens (tertiary/aromatic N) is 2. The highest BCUT2D eigenvalue weighted by Crippen LogP contribution is 2.41. The van der Waals surface area contributed by atoms with Crippen molar-refractivity contribution in [3.63, 3.8) is 0 Å². The van der Waals surface area contributed by atoms with Crippen LogP contribution in [0.5, 0.6) is 0 Å². The molecule has 0 aromatic heterocycles.